The van der Waals surface area contributed by atoms with Crippen molar-refractivity contribution in [3.8, 4) is 0 Å². The Kier molecular flexibility index (Phi) is 4.64. The first kappa shape index (κ1) is 12.1. The number of thioether (sulfide) groups is 1. The Morgan fingerprint density at radius 1 is 1.73 bits per heavy atom. The minimum Gasteiger partial charge on any atom is -0.395 e. The van der Waals surface area contributed by atoms with E-state index in [1.54, 1.807) is 4.68 Å². The second-order valence-electron chi connectivity index (χ2n) is 3.11. The summed E-state index contributed by atoms with van der Waals surface area (Å²) in [5.74, 6) is 0.270. The third-order valence-corrected chi connectivity index (χ3v) is 2.83. The molecule has 0 spiro atoms. The second-order valence-corrected chi connectivity index (χ2v) is 4.11. The van der Waals surface area contributed by atoms with Gasteiger partial charge in [-0.1, -0.05) is 11.8 Å². The molecule has 1 aromatic heterocycles. The number of aliphatic hydroxyl groups excluding tert-OH is 1. The number of aliphatic hydroxyl groups is 1. The number of carbonyl (C=O) groups excluding carboxylic acids is 1. The monoisotopic (exact) mass is 229 g/mol. The molecule has 1 amide bonds. The summed E-state index contributed by atoms with van der Waals surface area (Å²) in [6, 6.07) is 1.93. The number of nitrogens with zero attached hydrogens (tertiary/aromatic N) is 2. The van der Waals surface area contributed by atoms with Crippen molar-refractivity contribution >= 4 is 17.7 Å². The van der Waals surface area contributed by atoms with Gasteiger partial charge in [0.05, 0.1) is 23.1 Å². The average Bonchev–Trinajstić information content (AvgIpc) is 2.51. The van der Waals surface area contributed by atoms with E-state index in [9.17, 15) is 4.79 Å². The van der Waals surface area contributed by atoms with Gasteiger partial charge in [0.25, 0.3) is 0 Å². The van der Waals surface area contributed by atoms with Crippen molar-refractivity contribution in [3.63, 3.8) is 0 Å². The van der Waals surface area contributed by atoms with E-state index in [4.69, 9.17) is 5.11 Å². The number of amides is 1. The van der Waals surface area contributed by atoms with Crippen LogP contribution in [0.3, 0.4) is 0 Å². The van der Waals surface area contributed by atoms with E-state index in [0.29, 0.717) is 12.3 Å². The maximum absolute atomic E-state index is 11.2. The summed E-state index contributed by atoms with van der Waals surface area (Å²) >= 11 is 1.43. The number of hydrogen-bond acceptors (Lipinski definition) is 4. The SMILES string of the molecule is Cc1cc(SCC(=O)NCCO)n(C)n1. The van der Waals surface area contributed by atoms with Crippen molar-refractivity contribution in [2.24, 2.45) is 7.05 Å². The molecule has 0 saturated carbocycles. The van der Waals surface area contributed by atoms with Gasteiger partial charge in [-0.3, -0.25) is 9.48 Å². The lowest BCUT2D eigenvalue weighted by Crippen LogP contribution is -2.27. The van der Waals surface area contributed by atoms with E-state index in [1.165, 1.54) is 11.8 Å². The van der Waals surface area contributed by atoms with Crippen LogP contribution in [-0.2, 0) is 11.8 Å². The Balaban J connectivity index is 2.36. The van der Waals surface area contributed by atoms with Crippen LogP contribution in [0.2, 0.25) is 0 Å². The molecule has 0 saturated heterocycles. The quantitative estimate of drug-likeness (QED) is 0.694. The van der Waals surface area contributed by atoms with Gasteiger partial charge in [-0.15, -0.1) is 0 Å². The molecule has 0 bridgehead atoms. The number of nitrogens with one attached hydrogen (secondary N) is 1. The Bertz CT molecular complexity index is 338. The molecule has 6 heteroatoms. The van der Waals surface area contributed by atoms with Crippen LogP contribution < -0.4 is 5.32 Å². The zero-order valence-corrected chi connectivity index (χ0v) is 9.67. The molecule has 5 nitrogen and oxygen atoms in total. The lowest BCUT2D eigenvalue weighted by atomic mass is 10.5. The normalized spacial score (nSPS) is 10.3. The highest BCUT2D eigenvalue weighted by Gasteiger charge is 2.06. The first-order valence-electron chi connectivity index (χ1n) is 4.64. The highest BCUT2D eigenvalue weighted by Crippen LogP contribution is 2.17. The van der Waals surface area contributed by atoms with Gasteiger partial charge < -0.3 is 10.4 Å². The van der Waals surface area contributed by atoms with Gasteiger partial charge in [0.15, 0.2) is 0 Å². The second kappa shape index (κ2) is 5.77. The molecule has 1 rings (SSSR count). The van der Waals surface area contributed by atoms with Crippen molar-refractivity contribution in [3.05, 3.63) is 11.8 Å². The molecule has 15 heavy (non-hydrogen) atoms. The largest absolute Gasteiger partial charge is 0.395 e. The fourth-order valence-electron chi connectivity index (χ4n) is 1.11. The van der Waals surface area contributed by atoms with Crippen LogP contribution in [0.1, 0.15) is 5.69 Å². The van der Waals surface area contributed by atoms with Crippen LogP contribution in [0.25, 0.3) is 0 Å². The fraction of sp³-hybridized carbons (Fsp3) is 0.556. The van der Waals surface area contributed by atoms with Crippen molar-refractivity contribution in [2.75, 3.05) is 18.9 Å². The van der Waals surface area contributed by atoms with E-state index in [-0.39, 0.29) is 12.5 Å². The Labute approximate surface area is 92.9 Å². The van der Waals surface area contributed by atoms with Crippen molar-refractivity contribution in [2.45, 2.75) is 11.9 Å². The van der Waals surface area contributed by atoms with Gasteiger partial charge in [0.2, 0.25) is 5.91 Å². The Morgan fingerprint density at radius 3 is 3.00 bits per heavy atom. The molecule has 0 unspecified atom stereocenters. The summed E-state index contributed by atoms with van der Waals surface area (Å²) in [5, 5.41) is 16.2. The Morgan fingerprint density at radius 2 is 2.47 bits per heavy atom. The van der Waals surface area contributed by atoms with Crippen LogP contribution in [0.4, 0.5) is 0 Å². The fourth-order valence-corrected chi connectivity index (χ4v) is 1.97. The smallest absolute Gasteiger partial charge is 0.230 e. The number of rotatable bonds is 5. The van der Waals surface area contributed by atoms with Gasteiger partial charge in [0, 0.05) is 13.6 Å². The molecule has 0 aliphatic rings. The molecule has 1 heterocycles. The van der Waals surface area contributed by atoms with Gasteiger partial charge >= 0.3 is 0 Å². The van der Waals surface area contributed by atoms with Crippen LogP contribution >= 0.6 is 11.8 Å². The number of aryl methyl sites for hydroxylation is 2. The van der Waals surface area contributed by atoms with Crippen LogP contribution in [0, 0.1) is 6.92 Å². The summed E-state index contributed by atoms with van der Waals surface area (Å²) in [6.07, 6.45) is 0. The minimum absolute atomic E-state index is 0.0266. The third kappa shape index (κ3) is 3.93. The topological polar surface area (TPSA) is 67.2 Å². The van der Waals surface area contributed by atoms with Crippen molar-refractivity contribution in [1.82, 2.24) is 15.1 Å². The van der Waals surface area contributed by atoms with E-state index >= 15 is 0 Å². The zero-order chi connectivity index (χ0) is 11.3. The summed E-state index contributed by atoms with van der Waals surface area (Å²) in [6.45, 7) is 2.20. The van der Waals surface area contributed by atoms with Crippen molar-refractivity contribution < 1.29 is 9.90 Å². The molecule has 0 fully saturated rings. The molecular weight excluding hydrogens is 214 g/mol. The summed E-state index contributed by atoms with van der Waals surface area (Å²) < 4.78 is 1.75. The first-order chi connectivity index (χ1) is 7.13. The third-order valence-electron chi connectivity index (χ3n) is 1.74. The zero-order valence-electron chi connectivity index (χ0n) is 8.86. The highest BCUT2D eigenvalue weighted by molar-refractivity contribution is 7.99. The maximum Gasteiger partial charge on any atom is 0.230 e. The van der Waals surface area contributed by atoms with Crippen molar-refractivity contribution in [1.29, 1.82) is 0 Å². The molecule has 0 atom stereocenters. The van der Waals surface area contributed by atoms with Crippen LogP contribution in [0.15, 0.2) is 11.1 Å². The van der Waals surface area contributed by atoms with E-state index in [1.807, 2.05) is 20.0 Å². The molecule has 0 radical (unpaired) electrons. The average molecular weight is 229 g/mol. The Hall–Kier alpha value is -1.01. The molecule has 2 N–H and O–H groups in total. The minimum atomic E-state index is -0.0760. The molecule has 0 aromatic carbocycles. The van der Waals surface area contributed by atoms with Gasteiger partial charge in [-0.2, -0.15) is 5.10 Å². The van der Waals surface area contributed by atoms with E-state index < -0.39 is 0 Å². The number of hydrogen-bond donors (Lipinski definition) is 2. The lowest BCUT2D eigenvalue weighted by molar-refractivity contribution is -0.118. The van der Waals surface area contributed by atoms with Crippen LogP contribution in [-0.4, -0.2) is 39.7 Å². The van der Waals surface area contributed by atoms with E-state index in [0.717, 1.165) is 10.7 Å². The number of carbonyl (C=O) groups is 1. The predicted molar refractivity (Wildman–Crippen MR) is 58.8 cm³/mol. The maximum atomic E-state index is 11.2. The summed E-state index contributed by atoms with van der Waals surface area (Å²) in [7, 11) is 1.85. The first-order valence-corrected chi connectivity index (χ1v) is 5.63. The summed E-state index contributed by atoms with van der Waals surface area (Å²) in [4.78, 5) is 11.2. The summed E-state index contributed by atoms with van der Waals surface area (Å²) in [5.41, 5.74) is 0.941. The standard InChI is InChI=1S/C9H15N3O2S/c1-7-5-9(12(2)11-7)15-6-8(14)10-3-4-13/h5,13H,3-4,6H2,1-2H3,(H,10,14). The highest BCUT2D eigenvalue weighted by atomic mass is 32.2. The van der Waals surface area contributed by atoms with Gasteiger partial charge in [-0.05, 0) is 13.0 Å². The van der Waals surface area contributed by atoms with Gasteiger partial charge in [-0.25, -0.2) is 0 Å². The molecular formula is C9H15N3O2S. The predicted octanol–water partition coefficient (Wildman–Crippen LogP) is -0.0709. The van der Waals surface area contributed by atoms with Gasteiger partial charge in [0.1, 0.15) is 0 Å². The lowest BCUT2D eigenvalue weighted by Gasteiger charge is -2.02. The van der Waals surface area contributed by atoms with E-state index in [2.05, 4.69) is 10.4 Å². The number of aromatic nitrogens is 2. The molecule has 0 aliphatic heterocycles. The molecule has 84 valence electrons. The molecule has 1 aromatic rings. The molecule has 0 aliphatic carbocycles. The van der Waals surface area contributed by atoms with Crippen LogP contribution in [0.5, 0.6) is 0 Å².